The van der Waals surface area contributed by atoms with Crippen LogP contribution in [0.1, 0.15) is 32.1 Å². The summed E-state index contributed by atoms with van der Waals surface area (Å²) >= 11 is 0. The number of carboxylic acid groups (broad SMARTS) is 1. The Morgan fingerprint density at radius 2 is 1.69 bits per heavy atom. The minimum absolute atomic E-state index is 0.109. The highest BCUT2D eigenvalue weighted by Gasteiger charge is 2.15. The summed E-state index contributed by atoms with van der Waals surface area (Å²) in [7, 11) is 0. The van der Waals surface area contributed by atoms with Crippen LogP contribution in [-0.4, -0.2) is 48.1 Å². The summed E-state index contributed by atoms with van der Waals surface area (Å²) < 4.78 is 0. The van der Waals surface area contributed by atoms with E-state index in [0.29, 0.717) is 19.5 Å². The number of rotatable bonds is 6. The van der Waals surface area contributed by atoms with Gasteiger partial charge in [-0.05, 0) is 19.3 Å². The first-order valence-electron chi connectivity index (χ1n) is 5.90. The molecule has 5 heteroatoms. The van der Waals surface area contributed by atoms with Gasteiger partial charge in [0.1, 0.15) is 0 Å². The molecule has 5 nitrogen and oxygen atoms in total. The van der Waals surface area contributed by atoms with Crippen molar-refractivity contribution in [2.75, 3.05) is 26.2 Å². The lowest BCUT2D eigenvalue weighted by Crippen LogP contribution is -2.37. The summed E-state index contributed by atoms with van der Waals surface area (Å²) in [6.45, 7) is 2.77. The number of likely N-dealkylation sites (tertiary alicyclic amines) is 1. The molecule has 92 valence electrons. The summed E-state index contributed by atoms with van der Waals surface area (Å²) in [5.41, 5.74) is 0. The SMILES string of the molecule is O=C(O)CCNCCC(=O)N1CCCCC1. The Bertz CT molecular complexity index is 237. The summed E-state index contributed by atoms with van der Waals surface area (Å²) in [6, 6.07) is 0. The third-order valence-electron chi connectivity index (χ3n) is 2.74. The average Bonchev–Trinajstić information content (AvgIpc) is 2.29. The van der Waals surface area contributed by atoms with E-state index in [4.69, 9.17) is 5.11 Å². The summed E-state index contributed by atoms with van der Waals surface area (Å²) in [5, 5.41) is 11.4. The third-order valence-corrected chi connectivity index (χ3v) is 2.74. The second kappa shape index (κ2) is 7.22. The molecule has 0 aromatic carbocycles. The van der Waals surface area contributed by atoms with Gasteiger partial charge < -0.3 is 15.3 Å². The molecule has 0 spiro atoms. The molecule has 0 unspecified atom stereocenters. The number of carbonyl (C=O) groups is 2. The molecule has 1 saturated heterocycles. The summed E-state index contributed by atoms with van der Waals surface area (Å²) in [6.07, 6.45) is 4.02. The first-order valence-corrected chi connectivity index (χ1v) is 5.90. The number of nitrogens with one attached hydrogen (secondary N) is 1. The van der Waals surface area contributed by atoms with Crippen LogP contribution in [-0.2, 0) is 9.59 Å². The Morgan fingerprint density at radius 3 is 2.31 bits per heavy atom. The number of carbonyl (C=O) groups excluding carboxylic acids is 1. The molecule has 16 heavy (non-hydrogen) atoms. The molecule has 1 rings (SSSR count). The maximum absolute atomic E-state index is 11.7. The van der Waals surface area contributed by atoms with Gasteiger partial charge in [0.25, 0.3) is 0 Å². The normalized spacial score (nSPS) is 16.1. The Morgan fingerprint density at radius 1 is 1.06 bits per heavy atom. The standard InChI is InChI=1S/C11H20N2O3/c14-10(13-8-2-1-3-9-13)4-6-12-7-5-11(15)16/h12H,1-9H2,(H,15,16). The Kier molecular flexibility index (Phi) is 5.85. The van der Waals surface area contributed by atoms with E-state index in [9.17, 15) is 9.59 Å². The highest BCUT2D eigenvalue weighted by atomic mass is 16.4. The van der Waals surface area contributed by atoms with Gasteiger partial charge in [-0.3, -0.25) is 9.59 Å². The minimum atomic E-state index is -0.810. The van der Waals surface area contributed by atoms with Crippen molar-refractivity contribution in [1.29, 1.82) is 0 Å². The Hall–Kier alpha value is -1.10. The monoisotopic (exact) mass is 228 g/mol. The molecule has 1 heterocycles. The van der Waals surface area contributed by atoms with Crippen LogP contribution < -0.4 is 5.32 Å². The first kappa shape index (κ1) is 13.0. The van der Waals surface area contributed by atoms with Crippen LogP contribution in [0.15, 0.2) is 0 Å². The van der Waals surface area contributed by atoms with Gasteiger partial charge in [0.05, 0.1) is 6.42 Å². The largest absolute Gasteiger partial charge is 0.481 e. The van der Waals surface area contributed by atoms with Gasteiger partial charge in [0.15, 0.2) is 0 Å². The maximum atomic E-state index is 11.7. The quantitative estimate of drug-likeness (QED) is 0.648. The van der Waals surface area contributed by atoms with E-state index in [1.165, 1.54) is 6.42 Å². The molecule has 0 aromatic rings. The van der Waals surface area contributed by atoms with E-state index >= 15 is 0 Å². The van der Waals surface area contributed by atoms with Crippen LogP contribution in [0.25, 0.3) is 0 Å². The zero-order chi connectivity index (χ0) is 11.8. The number of carboxylic acids is 1. The van der Waals surface area contributed by atoms with E-state index in [1.54, 1.807) is 0 Å². The number of piperidine rings is 1. The van der Waals surface area contributed by atoms with Crippen molar-refractivity contribution in [2.24, 2.45) is 0 Å². The molecule has 0 bridgehead atoms. The number of nitrogens with zero attached hydrogens (tertiary/aromatic N) is 1. The first-order chi connectivity index (χ1) is 7.70. The fourth-order valence-corrected chi connectivity index (χ4v) is 1.82. The van der Waals surface area contributed by atoms with Crippen LogP contribution >= 0.6 is 0 Å². The summed E-state index contributed by atoms with van der Waals surface area (Å²) in [5.74, 6) is -0.627. The lowest BCUT2D eigenvalue weighted by Gasteiger charge is -2.26. The topological polar surface area (TPSA) is 69.6 Å². The molecular formula is C11H20N2O3. The highest BCUT2D eigenvalue weighted by molar-refractivity contribution is 5.76. The molecule has 0 aromatic heterocycles. The van der Waals surface area contributed by atoms with Crippen molar-refractivity contribution in [3.8, 4) is 0 Å². The van der Waals surface area contributed by atoms with Gasteiger partial charge in [0, 0.05) is 32.6 Å². The van der Waals surface area contributed by atoms with Crippen molar-refractivity contribution in [3.63, 3.8) is 0 Å². The fraction of sp³-hybridized carbons (Fsp3) is 0.818. The molecule has 1 aliphatic heterocycles. The molecule has 0 saturated carbocycles. The molecule has 1 aliphatic rings. The molecular weight excluding hydrogens is 208 g/mol. The van der Waals surface area contributed by atoms with Crippen molar-refractivity contribution in [2.45, 2.75) is 32.1 Å². The molecule has 2 N–H and O–H groups in total. The van der Waals surface area contributed by atoms with Crippen LogP contribution in [0.2, 0.25) is 0 Å². The molecule has 0 aliphatic carbocycles. The van der Waals surface area contributed by atoms with Gasteiger partial charge in [-0.25, -0.2) is 0 Å². The van der Waals surface area contributed by atoms with Crippen molar-refractivity contribution < 1.29 is 14.7 Å². The minimum Gasteiger partial charge on any atom is -0.481 e. The Labute approximate surface area is 95.8 Å². The number of hydrogen-bond acceptors (Lipinski definition) is 3. The zero-order valence-corrected chi connectivity index (χ0v) is 9.57. The van der Waals surface area contributed by atoms with Crippen molar-refractivity contribution >= 4 is 11.9 Å². The molecule has 1 fully saturated rings. The van der Waals surface area contributed by atoms with E-state index in [-0.39, 0.29) is 12.3 Å². The van der Waals surface area contributed by atoms with Gasteiger partial charge in [0.2, 0.25) is 5.91 Å². The van der Waals surface area contributed by atoms with Crippen LogP contribution in [0.4, 0.5) is 0 Å². The van der Waals surface area contributed by atoms with E-state index in [0.717, 1.165) is 25.9 Å². The predicted molar refractivity (Wildman–Crippen MR) is 60.2 cm³/mol. The van der Waals surface area contributed by atoms with Crippen LogP contribution in [0.5, 0.6) is 0 Å². The number of amides is 1. The zero-order valence-electron chi connectivity index (χ0n) is 9.57. The fourth-order valence-electron chi connectivity index (χ4n) is 1.82. The predicted octanol–water partition coefficient (Wildman–Crippen LogP) is 0.453. The lowest BCUT2D eigenvalue weighted by molar-refractivity contribution is -0.136. The Balaban J connectivity index is 2.03. The van der Waals surface area contributed by atoms with Crippen molar-refractivity contribution in [3.05, 3.63) is 0 Å². The van der Waals surface area contributed by atoms with Gasteiger partial charge in [-0.1, -0.05) is 0 Å². The summed E-state index contributed by atoms with van der Waals surface area (Å²) in [4.78, 5) is 23.8. The van der Waals surface area contributed by atoms with E-state index in [1.807, 2.05) is 4.90 Å². The van der Waals surface area contributed by atoms with Crippen LogP contribution in [0, 0.1) is 0 Å². The molecule has 0 radical (unpaired) electrons. The smallest absolute Gasteiger partial charge is 0.304 e. The number of hydrogen-bond donors (Lipinski definition) is 2. The second-order valence-electron chi connectivity index (χ2n) is 4.09. The number of aliphatic carboxylic acids is 1. The van der Waals surface area contributed by atoms with E-state index < -0.39 is 5.97 Å². The van der Waals surface area contributed by atoms with Crippen molar-refractivity contribution in [1.82, 2.24) is 10.2 Å². The lowest BCUT2D eigenvalue weighted by atomic mass is 10.1. The van der Waals surface area contributed by atoms with Gasteiger partial charge in [-0.2, -0.15) is 0 Å². The van der Waals surface area contributed by atoms with E-state index in [2.05, 4.69) is 5.32 Å². The highest BCUT2D eigenvalue weighted by Crippen LogP contribution is 2.09. The average molecular weight is 228 g/mol. The van der Waals surface area contributed by atoms with Gasteiger partial charge >= 0.3 is 5.97 Å². The van der Waals surface area contributed by atoms with Crippen LogP contribution in [0.3, 0.4) is 0 Å². The second-order valence-corrected chi connectivity index (χ2v) is 4.09. The third kappa shape index (κ3) is 5.11. The van der Waals surface area contributed by atoms with Gasteiger partial charge in [-0.15, -0.1) is 0 Å². The maximum Gasteiger partial charge on any atom is 0.304 e. The molecule has 1 amide bonds. The molecule has 0 atom stereocenters.